The van der Waals surface area contributed by atoms with E-state index in [-0.39, 0.29) is 6.61 Å². The van der Waals surface area contributed by atoms with Crippen LogP contribution in [-0.2, 0) is 13.0 Å². The largest absolute Gasteiger partial charge is 0.453 e. The van der Waals surface area contributed by atoms with Gasteiger partial charge in [0.1, 0.15) is 0 Å². The average molecular weight is 234 g/mol. The topological polar surface area (TPSA) is 73.9 Å². The minimum Gasteiger partial charge on any atom is -0.453 e. The van der Waals surface area contributed by atoms with Gasteiger partial charge < -0.3 is 9.26 Å². The van der Waals surface area contributed by atoms with Crippen molar-refractivity contribution in [2.75, 3.05) is 0 Å². The second-order valence-corrected chi connectivity index (χ2v) is 4.02. The molecule has 2 aromatic rings. The third-order valence-corrected chi connectivity index (χ3v) is 1.97. The van der Waals surface area contributed by atoms with E-state index in [4.69, 9.17) is 9.26 Å². The van der Waals surface area contributed by atoms with Gasteiger partial charge in [0.15, 0.2) is 12.4 Å². The number of hydrogen-bond donors (Lipinski definition) is 0. The summed E-state index contributed by atoms with van der Waals surface area (Å²) in [5.74, 6) is 1.64. The van der Waals surface area contributed by atoms with Gasteiger partial charge in [-0.2, -0.15) is 4.98 Å². The van der Waals surface area contributed by atoms with Crippen LogP contribution in [0.5, 0.6) is 6.01 Å². The molecule has 0 amide bonds. The van der Waals surface area contributed by atoms with Crippen molar-refractivity contribution >= 4 is 0 Å². The number of aromatic nitrogens is 4. The van der Waals surface area contributed by atoms with Crippen LogP contribution < -0.4 is 4.74 Å². The van der Waals surface area contributed by atoms with E-state index in [0.29, 0.717) is 23.6 Å². The fraction of sp³-hybridized carbons (Fsp3) is 0.455. The second kappa shape index (κ2) is 5.38. The lowest BCUT2D eigenvalue weighted by Crippen LogP contribution is -2.00. The molecule has 2 rings (SSSR count). The smallest absolute Gasteiger partial charge is 0.316 e. The molecule has 0 saturated heterocycles. The van der Waals surface area contributed by atoms with Crippen LogP contribution in [0.4, 0.5) is 0 Å². The van der Waals surface area contributed by atoms with Crippen LogP contribution in [0.2, 0.25) is 0 Å². The predicted octanol–water partition coefficient (Wildman–Crippen LogP) is 1.64. The summed E-state index contributed by atoms with van der Waals surface area (Å²) in [6, 6.07) is 2.02. The van der Waals surface area contributed by atoms with Crippen LogP contribution in [0.25, 0.3) is 0 Å². The van der Waals surface area contributed by atoms with E-state index in [1.165, 1.54) is 0 Å². The summed E-state index contributed by atoms with van der Waals surface area (Å²) >= 11 is 0. The monoisotopic (exact) mass is 234 g/mol. The zero-order chi connectivity index (χ0) is 12.1. The van der Waals surface area contributed by atoms with E-state index in [9.17, 15) is 0 Å². The van der Waals surface area contributed by atoms with Gasteiger partial charge in [-0.05, 0) is 12.0 Å². The normalized spacial score (nSPS) is 10.8. The molecule has 0 N–H and O–H groups in total. The van der Waals surface area contributed by atoms with Crippen molar-refractivity contribution in [2.45, 2.75) is 26.9 Å². The number of rotatable bonds is 5. The first-order valence-electron chi connectivity index (χ1n) is 5.45. The van der Waals surface area contributed by atoms with E-state index < -0.39 is 0 Å². The van der Waals surface area contributed by atoms with Gasteiger partial charge in [-0.3, -0.25) is 0 Å². The molecule has 6 nitrogen and oxygen atoms in total. The highest BCUT2D eigenvalue weighted by Crippen LogP contribution is 2.07. The summed E-state index contributed by atoms with van der Waals surface area (Å²) in [6.07, 6.45) is 4.02. The van der Waals surface area contributed by atoms with Crippen LogP contribution in [0.1, 0.15) is 25.6 Å². The molecule has 0 radical (unpaired) electrons. The van der Waals surface area contributed by atoms with E-state index in [2.05, 4.69) is 34.0 Å². The fourth-order valence-corrected chi connectivity index (χ4v) is 1.28. The summed E-state index contributed by atoms with van der Waals surface area (Å²) in [5, 5.41) is 3.86. The van der Waals surface area contributed by atoms with Gasteiger partial charge in [-0.25, -0.2) is 9.97 Å². The molecule has 2 heterocycles. The highest BCUT2D eigenvalue weighted by molar-refractivity contribution is 4.94. The fourth-order valence-electron chi connectivity index (χ4n) is 1.28. The van der Waals surface area contributed by atoms with Crippen LogP contribution >= 0.6 is 0 Å². The Bertz CT molecular complexity index is 456. The lowest BCUT2D eigenvalue weighted by Gasteiger charge is -1.98. The maximum absolute atomic E-state index is 5.29. The van der Waals surface area contributed by atoms with E-state index >= 15 is 0 Å². The van der Waals surface area contributed by atoms with Gasteiger partial charge in [0, 0.05) is 18.8 Å². The number of nitrogens with zero attached hydrogens (tertiary/aromatic N) is 4. The molecule has 0 bridgehead atoms. The van der Waals surface area contributed by atoms with Crippen molar-refractivity contribution in [2.24, 2.45) is 5.92 Å². The van der Waals surface area contributed by atoms with Gasteiger partial charge in [-0.15, -0.1) is 0 Å². The van der Waals surface area contributed by atoms with E-state index in [0.717, 1.165) is 6.42 Å². The molecule has 0 saturated carbocycles. The summed E-state index contributed by atoms with van der Waals surface area (Å²) in [5.41, 5.74) is 0. The summed E-state index contributed by atoms with van der Waals surface area (Å²) < 4.78 is 10.3. The van der Waals surface area contributed by atoms with Gasteiger partial charge in [0.05, 0.1) is 0 Å². The van der Waals surface area contributed by atoms with Crippen molar-refractivity contribution in [1.29, 1.82) is 0 Å². The van der Waals surface area contributed by atoms with Crippen LogP contribution in [0.3, 0.4) is 0 Å². The van der Waals surface area contributed by atoms with Crippen molar-refractivity contribution in [3.8, 4) is 6.01 Å². The Morgan fingerprint density at radius 3 is 2.76 bits per heavy atom. The Kier molecular flexibility index (Phi) is 3.64. The van der Waals surface area contributed by atoms with Crippen molar-refractivity contribution in [3.63, 3.8) is 0 Å². The first kappa shape index (κ1) is 11.5. The minimum atomic E-state index is 0.190. The standard InChI is InChI=1S/C11H14N4O2/c1-8(2)6-9-14-10(17-15-9)7-16-11-12-4-3-5-13-11/h3-5,8H,6-7H2,1-2H3. The Hall–Kier alpha value is -1.98. The number of hydrogen-bond acceptors (Lipinski definition) is 6. The Labute approximate surface area is 99.1 Å². The molecule has 0 aromatic carbocycles. The predicted molar refractivity (Wildman–Crippen MR) is 59.2 cm³/mol. The molecule has 17 heavy (non-hydrogen) atoms. The molecule has 0 unspecified atom stereocenters. The van der Waals surface area contributed by atoms with E-state index in [1.54, 1.807) is 18.5 Å². The first-order valence-corrected chi connectivity index (χ1v) is 5.45. The highest BCUT2D eigenvalue weighted by Gasteiger charge is 2.08. The van der Waals surface area contributed by atoms with Gasteiger partial charge in [0.25, 0.3) is 5.89 Å². The molecule has 90 valence electrons. The molecule has 6 heteroatoms. The second-order valence-electron chi connectivity index (χ2n) is 4.02. The molecular formula is C11H14N4O2. The van der Waals surface area contributed by atoms with E-state index in [1.807, 2.05) is 0 Å². The zero-order valence-electron chi connectivity index (χ0n) is 9.83. The first-order chi connectivity index (χ1) is 8.24. The van der Waals surface area contributed by atoms with Crippen LogP contribution in [0, 0.1) is 5.92 Å². The minimum absolute atomic E-state index is 0.190. The highest BCUT2D eigenvalue weighted by atomic mass is 16.5. The van der Waals surface area contributed by atoms with Crippen molar-refractivity contribution in [1.82, 2.24) is 20.1 Å². The number of ether oxygens (including phenoxy) is 1. The molecule has 0 spiro atoms. The van der Waals surface area contributed by atoms with Gasteiger partial charge in [0.2, 0.25) is 0 Å². The van der Waals surface area contributed by atoms with Crippen LogP contribution in [0.15, 0.2) is 23.0 Å². The molecule has 0 aliphatic carbocycles. The van der Waals surface area contributed by atoms with Crippen molar-refractivity contribution in [3.05, 3.63) is 30.2 Å². The average Bonchev–Trinajstić information content (AvgIpc) is 2.75. The maximum atomic E-state index is 5.29. The lowest BCUT2D eigenvalue weighted by molar-refractivity contribution is 0.226. The summed E-state index contributed by atoms with van der Waals surface area (Å²) in [7, 11) is 0. The van der Waals surface area contributed by atoms with Gasteiger partial charge >= 0.3 is 6.01 Å². The zero-order valence-corrected chi connectivity index (χ0v) is 9.83. The molecule has 0 aliphatic heterocycles. The third-order valence-electron chi connectivity index (χ3n) is 1.97. The molecule has 0 fully saturated rings. The van der Waals surface area contributed by atoms with Gasteiger partial charge in [-0.1, -0.05) is 19.0 Å². The summed E-state index contributed by atoms with van der Waals surface area (Å²) in [6.45, 7) is 4.39. The Balaban J connectivity index is 1.89. The Morgan fingerprint density at radius 2 is 2.06 bits per heavy atom. The Morgan fingerprint density at radius 1 is 1.29 bits per heavy atom. The molecule has 0 atom stereocenters. The SMILES string of the molecule is CC(C)Cc1noc(COc2ncccn2)n1. The molecule has 0 aliphatic rings. The molecular weight excluding hydrogens is 220 g/mol. The quantitative estimate of drug-likeness (QED) is 0.782. The van der Waals surface area contributed by atoms with Crippen LogP contribution in [-0.4, -0.2) is 20.1 Å². The molecule has 2 aromatic heterocycles. The summed E-state index contributed by atoms with van der Waals surface area (Å²) in [4.78, 5) is 12.1. The lowest BCUT2D eigenvalue weighted by atomic mass is 10.1. The third kappa shape index (κ3) is 3.51. The maximum Gasteiger partial charge on any atom is 0.316 e. The van der Waals surface area contributed by atoms with Crippen molar-refractivity contribution < 1.29 is 9.26 Å².